The molecule has 2 amide bonds. The average molecular weight is 478 g/mol. The Morgan fingerprint density at radius 2 is 1.67 bits per heavy atom. The molecule has 0 radical (unpaired) electrons. The summed E-state index contributed by atoms with van der Waals surface area (Å²) in [6.07, 6.45) is 1.98. The Hall–Kier alpha value is -2.94. The van der Waals surface area contributed by atoms with E-state index >= 15 is 0 Å². The number of carbonyl (C=O) groups is 2. The van der Waals surface area contributed by atoms with Gasteiger partial charge in [-0.25, -0.2) is 12.8 Å². The van der Waals surface area contributed by atoms with E-state index < -0.39 is 34.3 Å². The van der Waals surface area contributed by atoms with Crippen molar-refractivity contribution in [2.45, 2.75) is 46.2 Å². The van der Waals surface area contributed by atoms with Crippen LogP contribution < -0.4 is 9.62 Å². The van der Waals surface area contributed by atoms with Crippen LogP contribution in [0.2, 0.25) is 0 Å². The van der Waals surface area contributed by atoms with Crippen molar-refractivity contribution in [1.82, 2.24) is 10.2 Å². The molecule has 0 saturated carbocycles. The first-order valence-corrected chi connectivity index (χ1v) is 12.8. The number of aryl methyl sites for hydroxylation is 1. The minimum absolute atomic E-state index is 0.0434. The molecule has 0 spiro atoms. The Morgan fingerprint density at radius 3 is 2.21 bits per heavy atom. The summed E-state index contributed by atoms with van der Waals surface area (Å²) in [6, 6.07) is 11.9. The highest BCUT2D eigenvalue weighted by atomic mass is 32.2. The summed E-state index contributed by atoms with van der Waals surface area (Å²) >= 11 is 0. The van der Waals surface area contributed by atoms with Crippen LogP contribution in [-0.2, 0) is 32.6 Å². The number of carbonyl (C=O) groups excluding carboxylic acids is 2. The van der Waals surface area contributed by atoms with Crippen LogP contribution in [0.4, 0.5) is 10.1 Å². The molecule has 2 aromatic rings. The van der Waals surface area contributed by atoms with E-state index in [1.807, 2.05) is 19.1 Å². The molecule has 0 aliphatic heterocycles. The predicted octanol–water partition coefficient (Wildman–Crippen LogP) is 3.10. The molecule has 0 aliphatic rings. The van der Waals surface area contributed by atoms with Crippen LogP contribution >= 0.6 is 0 Å². The highest BCUT2D eigenvalue weighted by Crippen LogP contribution is 2.24. The molecule has 1 N–H and O–H groups in total. The molecule has 2 rings (SSSR count). The number of para-hydroxylation sites is 1. The van der Waals surface area contributed by atoms with Gasteiger partial charge in [0.2, 0.25) is 21.8 Å². The summed E-state index contributed by atoms with van der Waals surface area (Å²) in [4.78, 5) is 27.6. The van der Waals surface area contributed by atoms with Gasteiger partial charge in [0.05, 0.1) is 11.9 Å². The molecule has 2 aromatic carbocycles. The largest absolute Gasteiger partial charge is 0.355 e. The first-order chi connectivity index (χ1) is 15.6. The lowest BCUT2D eigenvalue weighted by Gasteiger charge is -2.33. The van der Waals surface area contributed by atoms with E-state index in [0.29, 0.717) is 30.6 Å². The van der Waals surface area contributed by atoms with E-state index in [1.165, 1.54) is 17.0 Å². The van der Waals surface area contributed by atoms with E-state index in [2.05, 4.69) is 5.32 Å². The van der Waals surface area contributed by atoms with Gasteiger partial charge in [-0.15, -0.1) is 0 Å². The van der Waals surface area contributed by atoms with Crippen LogP contribution in [0.15, 0.2) is 48.5 Å². The Morgan fingerprint density at radius 1 is 1.03 bits per heavy atom. The van der Waals surface area contributed by atoms with Gasteiger partial charge in [-0.3, -0.25) is 13.9 Å². The molecule has 1 unspecified atom stereocenters. The second-order valence-corrected chi connectivity index (χ2v) is 9.63. The Labute approximate surface area is 195 Å². The number of nitrogens with zero attached hydrogens (tertiary/aromatic N) is 2. The van der Waals surface area contributed by atoms with Crippen molar-refractivity contribution in [2.75, 3.05) is 23.7 Å². The highest BCUT2D eigenvalue weighted by molar-refractivity contribution is 7.92. The molecule has 0 aliphatic carbocycles. The average Bonchev–Trinajstić information content (AvgIpc) is 2.78. The third kappa shape index (κ3) is 7.02. The fourth-order valence-corrected chi connectivity index (χ4v) is 4.53. The normalized spacial score (nSPS) is 12.2. The van der Waals surface area contributed by atoms with Crippen LogP contribution in [0, 0.1) is 5.82 Å². The Balaban J connectivity index is 2.46. The van der Waals surface area contributed by atoms with Gasteiger partial charge in [0.25, 0.3) is 0 Å². The maximum Gasteiger partial charge on any atom is 0.244 e. The molecule has 0 saturated heterocycles. The standard InChI is InChI=1S/C24H32FN3O4S/c1-5-19-10-8-9-11-22(19)28(33(4,31)32)17-23(29)27(21(6-2)24(30)26-7-3)16-18-12-14-20(25)15-13-18/h8-15,21H,5-7,16-17H2,1-4H3,(H,26,30). The van der Waals surface area contributed by atoms with Gasteiger partial charge in [-0.05, 0) is 49.1 Å². The molecule has 180 valence electrons. The lowest BCUT2D eigenvalue weighted by molar-refractivity contribution is -0.140. The molecule has 9 heteroatoms. The summed E-state index contributed by atoms with van der Waals surface area (Å²) < 4.78 is 39.8. The third-order valence-electron chi connectivity index (χ3n) is 5.32. The lowest BCUT2D eigenvalue weighted by Crippen LogP contribution is -2.52. The maximum atomic E-state index is 13.5. The van der Waals surface area contributed by atoms with Crippen molar-refractivity contribution in [2.24, 2.45) is 0 Å². The molecule has 7 nitrogen and oxygen atoms in total. The number of rotatable bonds is 11. The minimum Gasteiger partial charge on any atom is -0.355 e. The number of likely N-dealkylation sites (N-methyl/N-ethyl adjacent to an activating group) is 1. The topological polar surface area (TPSA) is 86.8 Å². The van der Waals surface area contributed by atoms with Crippen molar-refractivity contribution in [3.63, 3.8) is 0 Å². The number of halogens is 1. The van der Waals surface area contributed by atoms with Gasteiger partial charge in [0, 0.05) is 13.1 Å². The van der Waals surface area contributed by atoms with Gasteiger partial charge in [-0.2, -0.15) is 0 Å². The van der Waals surface area contributed by atoms with E-state index in [9.17, 15) is 22.4 Å². The number of benzene rings is 2. The number of hydrogen-bond donors (Lipinski definition) is 1. The van der Waals surface area contributed by atoms with Crippen LogP contribution in [0.3, 0.4) is 0 Å². The number of amides is 2. The SMILES string of the molecule is CCNC(=O)C(CC)N(Cc1ccc(F)cc1)C(=O)CN(c1ccccc1CC)S(C)(=O)=O. The van der Waals surface area contributed by atoms with E-state index in [4.69, 9.17) is 0 Å². The number of nitrogens with one attached hydrogen (secondary N) is 1. The number of hydrogen-bond acceptors (Lipinski definition) is 4. The summed E-state index contributed by atoms with van der Waals surface area (Å²) in [5.74, 6) is -1.25. The maximum absolute atomic E-state index is 13.5. The fourth-order valence-electron chi connectivity index (χ4n) is 3.65. The zero-order chi connectivity index (χ0) is 24.6. The summed E-state index contributed by atoms with van der Waals surface area (Å²) in [6.45, 7) is 5.46. The van der Waals surface area contributed by atoms with Crippen LogP contribution in [0.1, 0.15) is 38.3 Å². The molecule has 0 aromatic heterocycles. The smallest absolute Gasteiger partial charge is 0.244 e. The monoisotopic (exact) mass is 477 g/mol. The molecule has 0 fully saturated rings. The molecule has 1 atom stereocenters. The number of anilines is 1. The second kappa shape index (κ2) is 11.8. The molecule has 33 heavy (non-hydrogen) atoms. The molecular weight excluding hydrogens is 445 g/mol. The summed E-state index contributed by atoms with van der Waals surface area (Å²) in [5, 5.41) is 2.74. The highest BCUT2D eigenvalue weighted by Gasteiger charge is 2.32. The van der Waals surface area contributed by atoms with Crippen molar-refractivity contribution in [1.29, 1.82) is 0 Å². The Kier molecular flexibility index (Phi) is 9.40. The van der Waals surface area contributed by atoms with Gasteiger partial charge < -0.3 is 10.2 Å². The van der Waals surface area contributed by atoms with E-state index in [0.717, 1.165) is 16.1 Å². The van der Waals surface area contributed by atoms with Crippen molar-refractivity contribution >= 4 is 27.5 Å². The third-order valence-corrected chi connectivity index (χ3v) is 6.45. The van der Waals surface area contributed by atoms with Gasteiger partial charge in [-0.1, -0.05) is 44.2 Å². The number of sulfonamides is 1. The Bertz CT molecular complexity index is 1060. The van der Waals surface area contributed by atoms with E-state index in [1.54, 1.807) is 38.1 Å². The van der Waals surface area contributed by atoms with Crippen molar-refractivity contribution < 1.29 is 22.4 Å². The van der Waals surface area contributed by atoms with Gasteiger partial charge in [0.15, 0.2) is 0 Å². The van der Waals surface area contributed by atoms with Crippen LogP contribution in [-0.4, -0.2) is 50.5 Å². The quantitative estimate of drug-likeness (QED) is 0.539. The first kappa shape index (κ1) is 26.3. The molecule has 0 heterocycles. The van der Waals surface area contributed by atoms with Crippen LogP contribution in [0.5, 0.6) is 0 Å². The van der Waals surface area contributed by atoms with Crippen molar-refractivity contribution in [3.8, 4) is 0 Å². The second-order valence-electron chi connectivity index (χ2n) is 7.72. The van der Waals surface area contributed by atoms with E-state index in [-0.39, 0.29) is 12.5 Å². The zero-order valence-electron chi connectivity index (χ0n) is 19.5. The molecule has 0 bridgehead atoms. The van der Waals surface area contributed by atoms with Crippen LogP contribution in [0.25, 0.3) is 0 Å². The lowest BCUT2D eigenvalue weighted by atomic mass is 10.1. The van der Waals surface area contributed by atoms with Gasteiger partial charge >= 0.3 is 0 Å². The molecular formula is C24H32FN3O4S. The first-order valence-electron chi connectivity index (χ1n) is 11.0. The fraction of sp³-hybridized carbons (Fsp3) is 0.417. The summed E-state index contributed by atoms with van der Waals surface area (Å²) in [5.41, 5.74) is 1.85. The van der Waals surface area contributed by atoms with Gasteiger partial charge in [0.1, 0.15) is 18.4 Å². The van der Waals surface area contributed by atoms with Crippen molar-refractivity contribution in [3.05, 3.63) is 65.5 Å². The zero-order valence-corrected chi connectivity index (χ0v) is 20.4. The predicted molar refractivity (Wildman–Crippen MR) is 128 cm³/mol. The minimum atomic E-state index is -3.78. The summed E-state index contributed by atoms with van der Waals surface area (Å²) in [7, 11) is -3.78.